The quantitative estimate of drug-likeness (QED) is 0.578. The van der Waals surface area contributed by atoms with Crippen LogP contribution in [0.15, 0.2) is 89.8 Å². The molecule has 1 N–H and O–H groups in total. The highest BCUT2D eigenvalue weighted by Gasteiger charge is 2.24. The molecule has 0 unspecified atom stereocenters. The Morgan fingerprint density at radius 3 is 2.09 bits per heavy atom. The minimum atomic E-state index is -3.66. The lowest BCUT2D eigenvalue weighted by Crippen LogP contribution is -2.39. The van der Waals surface area contributed by atoms with Gasteiger partial charge in [0.2, 0.25) is 0 Å². The van der Waals surface area contributed by atoms with Crippen molar-refractivity contribution in [2.24, 2.45) is 5.92 Å². The van der Waals surface area contributed by atoms with E-state index < -0.39 is 10.0 Å². The van der Waals surface area contributed by atoms with Crippen LogP contribution < -0.4 is 9.46 Å². The summed E-state index contributed by atoms with van der Waals surface area (Å²) in [5.41, 5.74) is 0.966. The van der Waals surface area contributed by atoms with Crippen molar-refractivity contribution in [2.45, 2.75) is 17.7 Å². The van der Waals surface area contributed by atoms with Gasteiger partial charge in [0, 0.05) is 24.3 Å². The Morgan fingerprint density at radius 2 is 1.47 bits per heavy atom. The highest BCUT2D eigenvalue weighted by Crippen LogP contribution is 2.22. The Labute approximate surface area is 188 Å². The molecule has 1 aliphatic rings. The summed E-state index contributed by atoms with van der Waals surface area (Å²) in [6.45, 7) is 2.02. The van der Waals surface area contributed by atoms with Gasteiger partial charge in [0.25, 0.3) is 15.9 Å². The van der Waals surface area contributed by atoms with Gasteiger partial charge >= 0.3 is 0 Å². The molecule has 0 atom stereocenters. The lowest BCUT2D eigenvalue weighted by molar-refractivity contribution is 0.0661. The topological polar surface area (TPSA) is 75.7 Å². The van der Waals surface area contributed by atoms with Crippen molar-refractivity contribution in [3.8, 4) is 5.75 Å². The number of sulfonamides is 1. The fourth-order valence-corrected chi connectivity index (χ4v) is 4.79. The lowest BCUT2D eigenvalue weighted by Gasteiger charge is -2.32. The molecule has 0 radical (unpaired) electrons. The molecule has 0 bridgehead atoms. The monoisotopic (exact) mass is 450 g/mol. The minimum absolute atomic E-state index is 0.0371. The number of rotatable bonds is 7. The number of likely N-dealkylation sites (tertiary alicyclic amines) is 1. The van der Waals surface area contributed by atoms with Crippen LogP contribution in [0.1, 0.15) is 23.2 Å². The van der Waals surface area contributed by atoms with E-state index in [1.54, 1.807) is 42.5 Å². The second-order valence-corrected chi connectivity index (χ2v) is 9.54. The summed E-state index contributed by atoms with van der Waals surface area (Å²) in [5.74, 6) is 1.26. The first-order valence-corrected chi connectivity index (χ1v) is 12.1. The zero-order chi connectivity index (χ0) is 22.4. The number of carbonyl (C=O) groups excluding carboxylic acids is 1. The zero-order valence-electron chi connectivity index (χ0n) is 17.7. The van der Waals surface area contributed by atoms with E-state index in [0.717, 1.165) is 18.6 Å². The number of anilines is 1. The second kappa shape index (κ2) is 9.87. The fourth-order valence-electron chi connectivity index (χ4n) is 3.71. The van der Waals surface area contributed by atoms with E-state index in [0.29, 0.717) is 36.9 Å². The number of hydrogen-bond acceptors (Lipinski definition) is 4. The molecule has 3 aromatic carbocycles. The molecule has 0 aliphatic carbocycles. The van der Waals surface area contributed by atoms with Crippen molar-refractivity contribution >= 4 is 21.6 Å². The van der Waals surface area contributed by atoms with Gasteiger partial charge in [0.1, 0.15) is 5.75 Å². The number of nitrogens with one attached hydrogen (secondary N) is 1. The minimum Gasteiger partial charge on any atom is -0.493 e. The zero-order valence-corrected chi connectivity index (χ0v) is 18.5. The molecule has 0 aromatic heterocycles. The third-order valence-electron chi connectivity index (χ3n) is 5.57. The van der Waals surface area contributed by atoms with Gasteiger partial charge in [-0.3, -0.25) is 9.52 Å². The molecular formula is C25H26N2O4S. The van der Waals surface area contributed by atoms with Crippen molar-refractivity contribution in [3.05, 3.63) is 90.5 Å². The number of ether oxygens (including phenoxy) is 1. The molecule has 1 heterocycles. The molecular weight excluding hydrogens is 424 g/mol. The number of carbonyl (C=O) groups is 1. The molecule has 1 fully saturated rings. The Morgan fingerprint density at radius 1 is 0.875 bits per heavy atom. The van der Waals surface area contributed by atoms with Gasteiger partial charge in [-0.25, -0.2) is 8.42 Å². The average molecular weight is 451 g/mol. The van der Waals surface area contributed by atoms with E-state index in [-0.39, 0.29) is 10.8 Å². The van der Waals surface area contributed by atoms with Crippen molar-refractivity contribution < 1.29 is 17.9 Å². The third-order valence-corrected chi connectivity index (χ3v) is 6.97. The SMILES string of the molecule is O=C(c1ccc(NS(=O)(=O)c2ccccc2)cc1)N1CCC(COc2ccccc2)CC1. The van der Waals surface area contributed by atoms with Crippen LogP contribution in [-0.4, -0.2) is 38.9 Å². The van der Waals surface area contributed by atoms with Gasteiger partial charge < -0.3 is 9.64 Å². The fraction of sp³-hybridized carbons (Fsp3) is 0.240. The number of para-hydroxylation sites is 1. The van der Waals surface area contributed by atoms with E-state index in [2.05, 4.69) is 4.72 Å². The van der Waals surface area contributed by atoms with E-state index >= 15 is 0 Å². The second-order valence-electron chi connectivity index (χ2n) is 7.86. The van der Waals surface area contributed by atoms with Crippen molar-refractivity contribution in [1.82, 2.24) is 4.90 Å². The van der Waals surface area contributed by atoms with Crippen LogP contribution in [0.5, 0.6) is 5.75 Å². The van der Waals surface area contributed by atoms with E-state index in [1.807, 2.05) is 35.2 Å². The van der Waals surface area contributed by atoms with Crippen molar-refractivity contribution in [3.63, 3.8) is 0 Å². The van der Waals surface area contributed by atoms with Gasteiger partial charge in [-0.2, -0.15) is 0 Å². The molecule has 6 nitrogen and oxygen atoms in total. The molecule has 0 saturated carbocycles. The summed E-state index contributed by atoms with van der Waals surface area (Å²) >= 11 is 0. The molecule has 7 heteroatoms. The highest BCUT2D eigenvalue weighted by molar-refractivity contribution is 7.92. The van der Waals surface area contributed by atoms with Crippen molar-refractivity contribution in [2.75, 3.05) is 24.4 Å². The van der Waals surface area contributed by atoms with Crippen LogP contribution in [0.2, 0.25) is 0 Å². The first-order chi connectivity index (χ1) is 15.5. The Balaban J connectivity index is 1.29. The summed E-state index contributed by atoms with van der Waals surface area (Å²) in [5, 5.41) is 0. The maximum Gasteiger partial charge on any atom is 0.261 e. The van der Waals surface area contributed by atoms with E-state index in [9.17, 15) is 13.2 Å². The standard InChI is InChI=1S/C25H26N2O4S/c28-25(27-17-15-20(16-18-27)19-31-23-7-3-1-4-8-23)21-11-13-22(14-12-21)26-32(29,30)24-9-5-2-6-10-24/h1-14,20,26H,15-19H2. The van der Waals surface area contributed by atoms with Gasteiger partial charge in [0.05, 0.1) is 11.5 Å². The summed E-state index contributed by atoms with van der Waals surface area (Å²) in [7, 11) is -3.66. The number of nitrogens with zero attached hydrogens (tertiary/aromatic N) is 1. The van der Waals surface area contributed by atoms with Crippen LogP contribution in [0.25, 0.3) is 0 Å². The molecule has 166 valence electrons. The molecule has 4 rings (SSSR count). The normalized spacial score (nSPS) is 14.7. The van der Waals surface area contributed by atoms with Gasteiger partial charge in [0.15, 0.2) is 0 Å². The summed E-state index contributed by atoms with van der Waals surface area (Å²) in [6, 6.07) is 24.5. The average Bonchev–Trinajstić information content (AvgIpc) is 2.84. The molecule has 32 heavy (non-hydrogen) atoms. The van der Waals surface area contributed by atoms with E-state index in [1.165, 1.54) is 12.1 Å². The predicted molar refractivity (Wildman–Crippen MR) is 124 cm³/mol. The molecule has 0 spiro atoms. The van der Waals surface area contributed by atoms with Crippen LogP contribution in [0.3, 0.4) is 0 Å². The third kappa shape index (κ3) is 5.48. The highest BCUT2D eigenvalue weighted by atomic mass is 32.2. The summed E-state index contributed by atoms with van der Waals surface area (Å²) in [4.78, 5) is 14.9. The number of hydrogen-bond donors (Lipinski definition) is 1. The van der Waals surface area contributed by atoms with E-state index in [4.69, 9.17) is 4.74 Å². The smallest absolute Gasteiger partial charge is 0.261 e. The summed E-state index contributed by atoms with van der Waals surface area (Å²) < 4.78 is 33.3. The lowest BCUT2D eigenvalue weighted by atomic mass is 9.97. The molecule has 1 aliphatic heterocycles. The number of amides is 1. The van der Waals surface area contributed by atoms with Crippen LogP contribution in [0, 0.1) is 5.92 Å². The maximum atomic E-state index is 12.9. The Hall–Kier alpha value is -3.32. The molecule has 3 aromatic rings. The number of benzene rings is 3. The van der Waals surface area contributed by atoms with Gasteiger partial charge in [-0.15, -0.1) is 0 Å². The maximum absolute atomic E-state index is 12.9. The van der Waals surface area contributed by atoms with Crippen molar-refractivity contribution in [1.29, 1.82) is 0 Å². The number of piperidine rings is 1. The van der Waals surface area contributed by atoms with Gasteiger partial charge in [-0.05, 0) is 67.3 Å². The Kier molecular flexibility index (Phi) is 6.75. The largest absolute Gasteiger partial charge is 0.493 e. The Bertz CT molecular complexity index is 1130. The van der Waals surface area contributed by atoms with Crippen LogP contribution in [0.4, 0.5) is 5.69 Å². The molecule has 1 amide bonds. The predicted octanol–water partition coefficient (Wildman–Crippen LogP) is 4.42. The first kappa shape index (κ1) is 21.9. The van der Waals surface area contributed by atoms with Crippen LogP contribution >= 0.6 is 0 Å². The first-order valence-electron chi connectivity index (χ1n) is 10.7. The summed E-state index contributed by atoms with van der Waals surface area (Å²) in [6.07, 6.45) is 1.79. The van der Waals surface area contributed by atoms with Crippen LogP contribution in [-0.2, 0) is 10.0 Å². The molecule has 1 saturated heterocycles. The van der Waals surface area contributed by atoms with Gasteiger partial charge in [-0.1, -0.05) is 36.4 Å².